The molecule has 0 atom stereocenters. The van der Waals surface area contributed by atoms with Gasteiger partial charge in [-0.05, 0) is 25.0 Å². The summed E-state index contributed by atoms with van der Waals surface area (Å²) in [5, 5.41) is 5.96. The fourth-order valence-corrected chi connectivity index (χ4v) is 1.87. The second-order valence-corrected chi connectivity index (χ2v) is 4.87. The maximum absolute atomic E-state index is 11.8. The normalized spacial score (nSPS) is 13.6. The lowest BCUT2D eigenvalue weighted by molar-refractivity contribution is 0.0950. The molecule has 1 amide bonds. The minimum Gasteiger partial charge on any atom is -0.495 e. The molecule has 0 spiro atoms. The fraction of sp³-hybridized carbons (Fsp3) is 0.267. The van der Waals surface area contributed by atoms with Crippen LogP contribution in [0.15, 0.2) is 36.7 Å². The largest absolute Gasteiger partial charge is 0.495 e. The molecule has 1 heterocycles. The number of carbonyl (C=O) groups excluding carboxylic acids is 1. The summed E-state index contributed by atoms with van der Waals surface area (Å²) >= 11 is 0. The number of ether oxygens (including phenoxy) is 1. The summed E-state index contributed by atoms with van der Waals surface area (Å²) in [7, 11) is 1.60. The van der Waals surface area contributed by atoms with Gasteiger partial charge < -0.3 is 15.4 Å². The van der Waals surface area contributed by atoms with Gasteiger partial charge in [0.1, 0.15) is 5.75 Å². The SMILES string of the molecule is COc1ccccc1Nc1ncc(C(=O)NC2CC2)cn1. The van der Waals surface area contributed by atoms with E-state index in [4.69, 9.17) is 4.74 Å². The second-order valence-electron chi connectivity index (χ2n) is 4.87. The number of carbonyl (C=O) groups is 1. The molecule has 2 N–H and O–H groups in total. The van der Waals surface area contributed by atoms with Crippen LogP contribution < -0.4 is 15.4 Å². The lowest BCUT2D eigenvalue weighted by Crippen LogP contribution is -2.25. The molecular weight excluding hydrogens is 268 g/mol. The number of benzene rings is 1. The van der Waals surface area contributed by atoms with Crippen molar-refractivity contribution in [3.05, 3.63) is 42.2 Å². The van der Waals surface area contributed by atoms with Crippen LogP contribution in [0.25, 0.3) is 0 Å². The monoisotopic (exact) mass is 284 g/mol. The van der Waals surface area contributed by atoms with Crippen molar-refractivity contribution in [1.29, 1.82) is 0 Å². The van der Waals surface area contributed by atoms with E-state index in [1.165, 1.54) is 12.4 Å². The Balaban J connectivity index is 1.70. The van der Waals surface area contributed by atoms with Crippen molar-refractivity contribution in [2.45, 2.75) is 18.9 Å². The van der Waals surface area contributed by atoms with Crippen molar-refractivity contribution in [1.82, 2.24) is 15.3 Å². The molecule has 3 rings (SSSR count). The van der Waals surface area contributed by atoms with Gasteiger partial charge in [-0.25, -0.2) is 9.97 Å². The van der Waals surface area contributed by atoms with Crippen LogP contribution in [0.4, 0.5) is 11.6 Å². The van der Waals surface area contributed by atoms with Gasteiger partial charge in [-0.15, -0.1) is 0 Å². The second kappa shape index (κ2) is 5.78. The molecule has 6 nitrogen and oxygen atoms in total. The highest BCUT2D eigenvalue weighted by Crippen LogP contribution is 2.25. The molecule has 1 aromatic carbocycles. The summed E-state index contributed by atoms with van der Waals surface area (Å²) in [6.45, 7) is 0. The number of anilines is 2. The fourth-order valence-electron chi connectivity index (χ4n) is 1.87. The van der Waals surface area contributed by atoms with Crippen LogP contribution in [0, 0.1) is 0 Å². The quantitative estimate of drug-likeness (QED) is 0.879. The van der Waals surface area contributed by atoms with Gasteiger partial charge in [0.15, 0.2) is 0 Å². The standard InChI is InChI=1S/C15H16N4O2/c1-21-13-5-3-2-4-12(13)19-15-16-8-10(9-17-15)14(20)18-11-6-7-11/h2-5,8-9,11H,6-7H2,1H3,(H,18,20)(H,16,17,19). The van der Waals surface area contributed by atoms with Crippen LogP contribution in [0.2, 0.25) is 0 Å². The van der Waals surface area contributed by atoms with Gasteiger partial charge in [-0.3, -0.25) is 4.79 Å². The molecule has 1 aromatic heterocycles. The molecule has 0 aliphatic heterocycles. The maximum Gasteiger partial charge on any atom is 0.254 e. The van der Waals surface area contributed by atoms with Gasteiger partial charge in [0, 0.05) is 18.4 Å². The molecule has 2 aromatic rings. The van der Waals surface area contributed by atoms with Gasteiger partial charge in [-0.1, -0.05) is 12.1 Å². The molecule has 0 radical (unpaired) electrons. The summed E-state index contributed by atoms with van der Waals surface area (Å²) in [5.74, 6) is 1.00. The Morgan fingerprint density at radius 3 is 2.62 bits per heavy atom. The van der Waals surface area contributed by atoms with Gasteiger partial charge in [0.25, 0.3) is 5.91 Å². The van der Waals surface area contributed by atoms with E-state index in [1.54, 1.807) is 7.11 Å². The number of hydrogen-bond donors (Lipinski definition) is 2. The van der Waals surface area contributed by atoms with Crippen LogP contribution >= 0.6 is 0 Å². The molecule has 1 aliphatic carbocycles. The number of aromatic nitrogens is 2. The summed E-state index contributed by atoms with van der Waals surface area (Å²) in [6, 6.07) is 7.82. The van der Waals surface area contributed by atoms with E-state index in [-0.39, 0.29) is 5.91 Å². The van der Waals surface area contributed by atoms with Crippen LogP contribution in [0.5, 0.6) is 5.75 Å². The van der Waals surface area contributed by atoms with E-state index in [2.05, 4.69) is 20.6 Å². The zero-order valence-corrected chi connectivity index (χ0v) is 11.7. The van der Waals surface area contributed by atoms with E-state index in [0.29, 0.717) is 23.3 Å². The van der Waals surface area contributed by atoms with Gasteiger partial charge in [0.05, 0.1) is 18.4 Å². The number of methoxy groups -OCH3 is 1. The summed E-state index contributed by atoms with van der Waals surface area (Å²) in [4.78, 5) is 20.2. The molecule has 0 bridgehead atoms. The third-order valence-electron chi connectivity index (χ3n) is 3.18. The summed E-state index contributed by atoms with van der Waals surface area (Å²) in [6.07, 6.45) is 5.14. The number of para-hydroxylation sites is 2. The van der Waals surface area contributed by atoms with E-state index in [1.807, 2.05) is 24.3 Å². The topological polar surface area (TPSA) is 76.1 Å². The van der Waals surface area contributed by atoms with Crippen molar-refractivity contribution in [2.24, 2.45) is 0 Å². The number of nitrogens with one attached hydrogen (secondary N) is 2. The number of nitrogens with zero attached hydrogens (tertiary/aromatic N) is 2. The molecule has 21 heavy (non-hydrogen) atoms. The number of rotatable bonds is 5. The minimum atomic E-state index is -0.124. The molecular formula is C15H16N4O2. The minimum absolute atomic E-state index is 0.124. The first kappa shape index (κ1) is 13.4. The third kappa shape index (κ3) is 3.28. The Labute approximate surface area is 122 Å². The predicted octanol–water partition coefficient (Wildman–Crippen LogP) is 2.12. The van der Waals surface area contributed by atoms with Gasteiger partial charge in [0.2, 0.25) is 5.95 Å². The first-order valence-corrected chi connectivity index (χ1v) is 6.79. The van der Waals surface area contributed by atoms with Gasteiger partial charge in [-0.2, -0.15) is 0 Å². The molecule has 108 valence electrons. The van der Waals surface area contributed by atoms with E-state index in [9.17, 15) is 4.79 Å². The molecule has 0 saturated heterocycles. The van der Waals surface area contributed by atoms with Crippen LogP contribution in [-0.4, -0.2) is 29.0 Å². The molecule has 1 aliphatic rings. The molecule has 1 fully saturated rings. The van der Waals surface area contributed by atoms with Crippen LogP contribution in [-0.2, 0) is 0 Å². The average molecular weight is 284 g/mol. The lowest BCUT2D eigenvalue weighted by atomic mass is 10.3. The highest BCUT2D eigenvalue weighted by atomic mass is 16.5. The smallest absolute Gasteiger partial charge is 0.254 e. The highest BCUT2D eigenvalue weighted by molar-refractivity contribution is 5.94. The lowest BCUT2D eigenvalue weighted by Gasteiger charge is -2.09. The van der Waals surface area contributed by atoms with Crippen molar-refractivity contribution in [3.63, 3.8) is 0 Å². The average Bonchev–Trinajstić information content (AvgIpc) is 3.32. The number of amides is 1. The Kier molecular flexibility index (Phi) is 3.68. The van der Waals surface area contributed by atoms with Crippen molar-refractivity contribution in [3.8, 4) is 5.75 Å². The van der Waals surface area contributed by atoms with Crippen molar-refractivity contribution < 1.29 is 9.53 Å². The van der Waals surface area contributed by atoms with Crippen LogP contribution in [0.3, 0.4) is 0 Å². The first-order valence-electron chi connectivity index (χ1n) is 6.79. The molecule has 0 unspecified atom stereocenters. The Bertz CT molecular complexity index is 638. The third-order valence-corrected chi connectivity index (χ3v) is 3.18. The first-order chi connectivity index (χ1) is 10.3. The van der Waals surface area contributed by atoms with E-state index in [0.717, 1.165) is 18.5 Å². The zero-order chi connectivity index (χ0) is 14.7. The van der Waals surface area contributed by atoms with E-state index >= 15 is 0 Å². The summed E-state index contributed by atoms with van der Waals surface area (Å²) < 4.78 is 5.25. The Morgan fingerprint density at radius 2 is 1.95 bits per heavy atom. The summed E-state index contributed by atoms with van der Waals surface area (Å²) in [5.41, 5.74) is 1.24. The van der Waals surface area contributed by atoms with Crippen molar-refractivity contribution >= 4 is 17.5 Å². The van der Waals surface area contributed by atoms with Crippen LogP contribution in [0.1, 0.15) is 23.2 Å². The predicted molar refractivity (Wildman–Crippen MR) is 78.8 cm³/mol. The maximum atomic E-state index is 11.8. The molecule has 6 heteroatoms. The van der Waals surface area contributed by atoms with Crippen molar-refractivity contribution in [2.75, 3.05) is 12.4 Å². The highest BCUT2D eigenvalue weighted by Gasteiger charge is 2.24. The zero-order valence-electron chi connectivity index (χ0n) is 11.7. The Hall–Kier alpha value is -2.63. The number of hydrogen-bond acceptors (Lipinski definition) is 5. The van der Waals surface area contributed by atoms with E-state index < -0.39 is 0 Å². The van der Waals surface area contributed by atoms with Gasteiger partial charge >= 0.3 is 0 Å². The Morgan fingerprint density at radius 1 is 1.24 bits per heavy atom. The molecule has 1 saturated carbocycles.